The topological polar surface area (TPSA) is 76.7 Å². The first-order chi connectivity index (χ1) is 13.5. The van der Waals surface area contributed by atoms with Crippen LogP contribution in [0.1, 0.15) is 34.3 Å². The molecule has 1 aliphatic rings. The van der Waals surface area contributed by atoms with Gasteiger partial charge < -0.3 is 20.1 Å². The van der Waals surface area contributed by atoms with Gasteiger partial charge in [0.05, 0.1) is 17.4 Å². The number of para-hydroxylation sites is 1. The molecule has 0 aliphatic carbocycles. The van der Waals surface area contributed by atoms with Crippen LogP contribution in [0.5, 0.6) is 5.75 Å². The van der Waals surface area contributed by atoms with Crippen LogP contribution < -0.4 is 15.4 Å². The maximum Gasteiger partial charge on any atom is 0.262 e. The van der Waals surface area contributed by atoms with Gasteiger partial charge in [0.15, 0.2) is 6.61 Å². The molecule has 1 fully saturated rings. The molecule has 2 amide bonds. The number of carbonyl (C=O) groups is 2. The summed E-state index contributed by atoms with van der Waals surface area (Å²) in [6.07, 6.45) is 2.04. The highest BCUT2D eigenvalue weighted by molar-refractivity contribution is 6.04. The van der Waals surface area contributed by atoms with E-state index in [4.69, 9.17) is 9.47 Å². The maximum absolute atomic E-state index is 12.5. The summed E-state index contributed by atoms with van der Waals surface area (Å²) >= 11 is 0. The van der Waals surface area contributed by atoms with Crippen molar-refractivity contribution in [3.63, 3.8) is 0 Å². The molecule has 0 saturated carbocycles. The van der Waals surface area contributed by atoms with E-state index < -0.39 is 0 Å². The Bertz CT molecular complexity index is 844. The lowest BCUT2D eigenvalue weighted by Crippen LogP contribution is -2.32. The molecule has 1 saturated heterocycles. The van der Waals surface area contributed by atoms with E-state index in [2.05, 4.69) is 10.6 Å². The Morgan fingerprint density at radius 1 is 1.18 bits per heavy atom. The van der Waals surface area contributed by atoms with Crippen LogP contribution in [-0.4, -0.2) is 37.7 Å². The van der Waals surface area contributed by atoms with Crippen LogP contribution in [0.15, 0.2) is 42.5 Å². The van der Waals surface area contributed by atoms with Crippen LogP contribution in [0.3, 0.4) is 0 Å². The van der Waals surface area contributed by atoms with Gasteiger partial charge >= 0.3 is 0 Å². The van der Waals surface area contributed by atoms with Crippen molar-refractivity contribution in [1.29, 1.82) is 0 Å². The van der Waals surface area contributed by atoms with E-state index in [-0.39, 0.29) is 24.5 Å². The number of nitrogens with one attached hydrogen (secondary N) is 2. The Hall–Kier alpha value is -2.86. The van der Waals surface area contributed by atoms with Gasteiger partial charge in [0, 0.05) is 13.2 Å². The zero-order valence-electron chi connectivity index (χ0n) is 16.3. The summed E-state index contributed by atoms with van der Waals surface area (Å²) in [5.74, 6) is 0.115. The number of aryl methyl sites for hydroxylation is 2. The van der Waals surface area contributed by atoms with E-state index in [1.165, 1.54) is 0 Å². The van der Waals surface area contributed by atoms with Gasteiger partial charge in [-0.1, -0.05) is 29.8 Å². The molecule has 1 aliphatic heterocycles. The summed E-state index contributed by atoms with van der Waals surface area (Å²) < 4.78 is 11.1. The van der Waals surface area contributed by atoms with Crippen molar-refractivity contribution >= 4 is 17.5 Å². The highest BCUT2D eigenvalue weighted by Gasteiger charge is 2.18. The van der Waals surface area contributed by atoms with Gasteiger partial charge in [-0.05, 0) is 50.5 Å². The van der Waals surface area contributed by atoms with Crippen molar-refractivity contribution in [2.75, 3.05) is 25.1 Å². The summed E-state index contributed by atoms with van der Waals surface area (Å²) in [5, 5.41) is 5.64. The predicted octanol–water partition coefficient (Wildman–Crippen LogP) is 3.23. The minimum Gasteiger partial charge on any atom is -0.483 e. The first-order valence-electron chi connectivity index (χ1n) is 9.51. The second-order valence-electron chi connectivity index (χ2n) is 7.00. The van der Waals surface area contributed by atoms with Crippen molar-refractivity contribution in [3.8, 4) is 5.75 Å². The summed E-state index contributed by atoms with van der Waals surface area (Å²) in [6, 6.07) is 12.7. The van der Waals surface area contributed by atoms with Gasteiger partial charge in [-0.3, -0.25) is 9.59 Å². The molecule has 0 aromatic heterocycles. The maximum atomic E-state index is 12.5. The molecule has 1 heterocycles. The lowest BCUT2D eigenvalue weighted by atomic mass is 10.1. The normalized spacial score (nSPS) is 15.9. The Balaban J connectivity index is 1.57. The van der Waals surface area contributed by atoms with Gasteiger partial charge in [0.1, 0.15) is 5.75 Å². The Morgan fingerprint density at radius 2 is 2.00 bits per heavy atom. The third kappa shape index (κ3) is 5.33. The lowest BCUT2D eigenvalue weighted by Gasteiger charge is -2.14. The van der Waals surface area contributed by atoms with E-state index in [0.717, 1.165) is 30.6 Å². The Labute approximate surface area is 165 Å². The van der Waals surface area contributed by atoms with Gasteiger partial charge in [-0.25, -0.2) is 0 Å². The molecule has 148 valence electrons. The average Bonchev–Trinajstić information content (AvgIpc) is 3.19. The fraction of sp³-hybridized carbons (Fsp3) is 0.364. The summed E-state index contributed by atoms with van der Waals surface area (Å²) in [6.45, 7) is 5.03. The highest BCUT2D eigenvalue weighted by atomic mass is 16.5. The minimum atomic E-state index is -0.320. The minimum absolute atomic E-state index is 0.0665. The molecule has 2 aromatic rings. The molecule has 3 rings (SSSR count). The van der Waals surface area contributed by atoms with Crippen molar-refractivity contribution in [3.05, 3.63) is 59.2 Å². The zero-order valence-corrected chi connectivity index (χ0v) is 16.3. The number of rotatable bonds is 7. The van der Waals surface area contributed by atoms with Gasteiger partial charge in [-0.2, -0.15) is 0 Å². The smallest absolute Gasteiger partial charge is 0.262 e. The molecule has 2 aromatic carbocycles. The van der Waals surface area contributed by atoms with E-state index in [1.807, 2.05) is 32.0 Å². The molecule has 1 atom stereocenters. The number of amides is 2. The Morgan fingerprint density at radius 3 is 2.75 bits per heavy atom. The SMILES string of the molecule is Cc1ccc(OCC(=O)Nc2ccccc2C(=O)NC[C@@H]2CCCO2)c(C)c1. The number of ether oxygens (including phenoxy) is 2. The van der Waals surface area contributed by atoms with E-state index in [0.29, 0.717) is 23.5 Å². The molecule has 6 heteroatoms. The third-order valence-electron chi connectivity index (χ3n) is 4.65. The van der Waals surface area contributed by atoms with Gasteiger partial charge in [0.25, 0.3) is 11.8 Å². The average molecular weight is 382 g/mol. The van der Waals surface area contributed by atoms with Gasteiger partial charge in [-0.15, -0.1) is 0 Å². The van der Waals surface area contributed by atoms with Crippen molar-refractivity contribution in [2.24, 2.45) is 0 Å². The molecular formula is C22H26N2O4. The number of anilines is 1. The number of carbonyl (C=O) groups excluding carboxylic acids is 2. The van der Waals surface area contributed by atoms with Crippen molar-refractivity contribution < 1.29 is 19.1 Å². The summed E-state index contributed by atoms with van der Waals surface area (Å²) in [4.78, 5) is 24.8. The van der Waals surface area contributed by atoms with E-state index in [1.54, 1.807) is 24.3 Å². The van der Waals surface area contributed by atoms with Crippen LogP contribution in [0.25, 0.3) is 0 Å². The molecule has 28 heavy (non-hydrogen) atoms. The molecule has 6 nitrogen and oxygen atoms in total. The molecule has 0 bridgehead atoms. The summed E-state index contributed by atoms with van der Waals surface area (Å²) in [7, 11) is 0. The standard InChI is InChI=1S/C22H26N2O4/c1-15-9-10-20(16(2)12-15)28-14-21(25)24-19-8-4-3-7-18(19)22(26)23-13-17-6-5-11-27-17/h3-4,7-10,12,17H,5-6,11,13-14H2,1-2H3,(H,23,26)(H,24,25)/t17-/m0/s1. The fourth-order valence-electron chi connectivity index (χ4n) is 3.19. The monoisotopic (exact) mass is 382 g/mol. The quantitative estimate of drug-likeness (QED) is 0.771. The van der Waals surface area contributed by atoms with Crippen LogP contribution in [-0.2, 0) is 9.53 Å². The highest BCUT2D eigenvalue weighted by Crippen LogP contribution is 2.19. The largest absolute Gasteiger partial charge is 0.483 e. The molecule has 0 spiro atoms. The number of hydrogen-bond acceptors (Lipinski definition) is 4. The lowest BCUT2D eigenvalue weighted by molar-refractivity contribution is -0.118. The predicted molar refractivity (Wildman–Crippen MR) is 108 cm³/mol. The third-order valence-corrected chi connectivity index (χ3v) is 4.65. The molecular weight excluding hydrogens is 356 g/mol. The van der Waals surface area contributed by atoms with Crippen LogP contribution in [0.2, 0.25) is 0 Å². The first kappa shape index (κ1) is 19.9. The zero-order chi connectivity index (χ0) is 19.9. The number of hydrogen-bond donors (Lipinski definition) is 2. The number of benzene rings is 2. The van der Waals surface area contributed by atoms with Crippen molar-refractivity contribution in [2.45, 2.75) is 32.8 Å². The molecule has 0 unspecified atom stereocenters. The van der Waals surface area contributed by atoms with E-state index >= 15 is 0 Å². The second kappa shape index (κ2) is 9.37. The Kier molecular flexibility index (Phi) is 6.66. The van der Waals surface area contributed by atoms with E-state index in [9.17, 15) is 9.59 Å². The first-order valence-corrected chi connectivity index (χ1v) is 9.51. The van der Waals surface area contributed by atoms with Crippen LogP contribution >= 0.6 is 0 Å². The van der Waals surface area contributed by atoms with Crippen LogP contribution in [0.4, 0.5) is 5.69 Å². The molecule has 0 radical (unpaired) electrons. The molecule has 2 N–H and O–H groups in total. The van der Waals surface area contributed by atoms with Crippen molar-refractivity contribution in [1.82, 2.24) is 5.32 Å². The second-order valence-corrected chi connectivity index (χ2v) is 7.00. The van der Waals surface area contributed by atoms with Gasteiger partial charge in [0.2, 0.25) is 0 Å². The summed E-state index contributed by atoms with van der Waals surface area (Å²) in [5.41, 5.74) is 2.99. The van der Waals surface area contributed by atoms with Crippen LogP contribution in [0, 0.1) is 13.8 Å². The fourth-order valence-corrected chi connectivity index (χ4v) is 3.19.